The maximum Gasteiger partial charge on any atom is 0.0681 e. The molecule has 156 valence electrons. The first kappa shape index (κ1) is 20.6. The van der Waals surface area contributed by atoms with Crippen LogP contribution in [0.2, 0.25) is 0 Å². The molecule has 0 amide bonds. The first-order valence-electron chi connectivity index (χ1n) is 11.2. The van der Waals surface area contributed by atoms with Crippen LogP contribution in [-0.4, -0.2) is 38.6 Å². The van der Waals surface area contributed by atoms with Crippen molar-refractivity contribution in [3.05, 3.63) is 70.8 Å². The SMILES string of the molecule is CC1c2ccccc2C[C@H]1OCCCOCCCO[C@@H]1Cc2ccccc2[C@@H]1C. The van der Waals surface area contributed by atoms with E-state index in [9.17, 15) is 0 Å². The molecule has 3 nitrogen and oxygen atoms in total. The van der Waals surface area contributed by atoms with Crippen LogP contribution < -0.4 is 0 Å². The maximum absolute atomic E-state index is 6.13. The van der Waals surface area contributed by atoms with E-state index in [1.807, 2.05) is 0 Å². The van der Waals surface area contributed by atoms with Gasteiger partial charge < -0.3 is 14.2 Å². The molecule has 1 unspecified atom stereocenters. The van der Waals surface area contributed by atoms with Crippen LogP contribution in [0.3, 0.4) is 0 Å². The fourth-order valence-corrected chi connectivity index (χ4v) is 4.82. The summed E-state index contributed by atoms with van der Waals surface area (Å²) in [6.45, 7) is 7.63. The third-order valence-electron chi connectivity index (χ3n) is 6.58. The van der Waals surface area contributed by atoms with Gasteiger partial charge in [-0.1, -0.05) is 62.4 Å². The monoisotopic (exact) mass is 394 g/mol. The summed E-state index contributed by atoms with van der Waals surface area (Å²) in [4.78, 5) is 0. The van der Waals surface area contributed by atoms with Gasteiger partial charge in [0, 0.05) is 38.3 Å². The highest BCUT2D eigenvalue weighted by Gasteiger charge is 2.30. The van der Waals surface area contributed by atoms with Crippen LogP contribution in [0.5, 0.6) is 0 Å². The lowest BCUT2D eigenvalue weighted by Gasteiger charge is -2.17. The van der Waals surface area contributed by atoms with E-state index in [0.29, 0.717) is 24.0 Å². The zero-order valence-electron chi connectivity index (χ0n) is 17.8. The molecule has 0 aliphatic heterocycles. The van der Waals surface area contributed by atoms with Crippen LogP contribution in [0.1, 0.15) is 60.8 Å². The molecule has 4 rings (SSSR count). The second-order valence-electron chi connectivity index (χ2n) is 8.52. The Balaban J connectivity index is 1.03. The van der Waals surface area contributed by atoms with E-state index in [-0.39, 0.29) is 0 Å². The first-order valence-corrected chi connectivity index (χ1v) is 11.2. The molecular weight excluding hydrogens is 360 g/mol. The number of ether oxygens (including phenoxy) is 3. The summed E-state index contributed by atoms with van der Waals surface area (Å²) in [6, 6.07) is 17.4. The van der Waals surface area contributed by atoms with Crippen LogP contribution in [0.4, 0.5) is 0 Å². The molecule has 0 aromatic heterocycles. The van der Waals surface area contributed by atoms with E-state index >= 15 is 0 Å². The maximum atomic E-state index is 6.13. The van der Waals surface area contributed by atoms with Gasteiger partial charge in [-0.2, -0.15) is 0 Å². The molecule has 2 aliphatic rings. The second-order valence-corrected chi connectivity index (χ2v) is 8.52. The Labute approximate surface area is 175 Å². The lowest BCUT2D eigenvalue weighted by atomic mass is 10.0. The molecular formula is C26H34O3. The third-order valence-corrected chi connectivity index (χ3v) is 6.58. The summed E-state index contributed by atoms with van der Waals surface area (Å²) < 4.78 is 18.0. The van der Waals surface area contributed by atoms with Gasteiger partial charge in [-0.25, -0.2) is 0 Å². The van der Waals surface area contributed by atoms with Crippen molar-refractivity contribution in [2.24, 2.45) is 0 Å². The Morgan fingerprint density at radius 2 is 1.10 bits per heavy atom. The summed E-state index contributed by atoms with van der Waals surface area (Å²) in [7, 11) is 0. The van der Waals surface area contributed by atoms with Crippen LogP contribution in [0.25, 0.3) is 0 Å². The fraction of sp³-hybridized carbons (Fsp3) is 0.538. The van der Waals surface area contributed by atoms with Crippen LogP contribution in [-0.2, 0) is 27.1 Å². The largest absolute Gasteiger partial charge is 0.381 e. The minimum Gasteiger partial charge on any atom is -0.381 e. The number of fused-ring (bicyclic) bond motifs is 2. The van der Waals surface area contributed by atoms with Crippen molar-refractivity contribution in [3.8, 4) is 0 Å². The Bertz CT molecular complexity index is 722. The van der Waals surface area contributed by atoms with E-state index in [0.717, 1.165) is 52.1 Å². The average molecular weight is 395 g/mol. The van der Waals surface area contributed by atoms with Gasteiger partial charge in [0.1, 0.15) is 0 Å². The van der Waals surface area contributed by atoms with Crippen molar-refractivity contribution in [1.82, 2.24) is 0 Å². The van der Waals surface area contributed by atoms with Crippen molar-refractivity contribution in [2.75, 3.05) is 26.4 Å². The minimum absolute atomic E-state index is 0.318. The summed E-state index contributed by atoms with van der Waals surface area (Å²) in [6.07, 6.45) is 4.62. The standard InChI is InChI=1S/C26H34O3/c1-19-23-11-5-3-9-21(23)17-25(19)28-15-7-13-27-14-8-16-29-26-18-22-10-4-6-12-24(22)20(26)2/h3-6,9-12,19-20,25-26H,7-8,13-18H2,1-2H3/t19-,20?,25+,26+/m0/s1. The van der Waals surface area contributed by atoms with Gasteiger partial charge in [-0.05, 0) is 47.9 Å². The molecule has 0 saturated carbocycles. The van der Waals surface area contributed by atoms with E-state index < -0.39 is 0 Å². The molecule has 4 atom stereocenters. The van der Waals surface area contributed by atoms with Crippen LogP contribution in [0, 0.1) is 0 Å². The summed E-state index contributed by atoms with van der Waals surface area (Å²) in [5, 5.41) is 0. The highest BCUT2D eigenvalue weighted by Crippen LogP contribution is 2.35. The molecule has 2 aliphatic carbocycles. The summed E-state index contributed by atoms with van der Waals surface area (Å²) >= 11 is 0. The number of rotatable bonds is 10. The predicted molar refractivity (Wildman–Crippen MR) is 117 cm³/mol. The highest BCUT2D eigenvalue weighted by molar-refractivity contribution is 5.37. The zero-order chi connectivity index (χ0) is 20.1. The molecule has 0 radical (unpaired) electrons. The Morgan fingerprint density at radius 1 is 0.655 bits per heavy atom. The van der Waals surface area contributed by atoms with E-state index in [1.54, 1.807) is 0 Å². The molecule has 0 bridgehead atoms. The van der Waals surface area contributed by atoms with Gasteiger partial charge in [0.25, 0.3) is 0 Å². The van der Waals surface area contributed by atoms with E-state index in [2.05, 4.69) is 62.4 Å². The molecule has 29 heavy (non-hydrogen) atoms. The summed E-state index contributed by atoms with van der Waals surface area (Å²) in [5.74, 6) is 0.988. The average Bonchev–Trinajstić information content (AvgIpc) is 3.24. The van der Waals surface area contributed by atoms with Crippen LogP contribution in [0.15, 0.2) is 48.5 Å². The Hall–Kier alpha value is -1.68. The second kappa shape index (κ2) is 9.88. The molecule has 2 aromatic carbocycles. The van der Waals surface area contributed by atoms with Crippen molar-refractivity contribution < 1.29 is 14.2 Å². The third kappa shape index (κ3) is 4.91. The molecule has 0 fully saturated rings. The topological polar surface area (TPSA) is 27.7 Å². The highest BCUT2D eigenvalue weighted by atomic mass is 16.5. The number of benzene rings is 2. The van der Waals surface area contributed by atoms with E-state index in [1.165, 1.54) is 22.3 Å². The van der Waals surface area contributed by atoms with Crippen molar-refractivity contribution in [2.45, 2.75) is 63.6 Å². The van der Waals surface area contributed by atoms with Gasteiger partial charge in [-0.15, -0.1) is 0 Å². The molecule has 2 aromatic rings. The van der Waals surface area contributed by atoms with Gasteiger partial charge in [0.2, 0.25) is 0 Å². The van der Waals surface area contributed by atoms with Crippen molar-refractivity contribution in [1.29, 1.82) is 0 Å². The number of hydrogen-bond donors (Lipinski definition) is 0. The fourth-order valence-electron chi connectivity index (χ4n) is 4.82. The minimum atomic E-state index is 0.318. The lowest BCUT2D eigenvalue weighted by molar-refractivity contribution is 0.0140. The van der Waals surface area contributed by atoms with Crippen molar-refractivity contribution >= 4 is 0 Å². The lowest BCUT2D eigenvalue weighted by Crippen LogP contribution is -2.18. The first-order chi connectivity index (χ1) is 14.2. The quantitative estimate of drug-likeness (QED) is 0.514. The van der Waals surface area contributed by atoms with Gasteiger partial charge in [0.05, 0.1) is 12.2 Å². The Morgan fingerprint density at radius 3 is 1.55 bits per heavy atom. The van der Waals surface area contributed by atoms with Gasteiger partial charge in [0.15, 0.2) is 0 Å². The number of hydrogen-bond acceptors (Lipinski definition) is 3. The normalized spacial score (nSPS) is 25.2. The van der Waals surface area contributed by atoms with Gasteiger partial charge >= 0.3 is 0 Å². The molecule has 0 N–H and O–H groups in total. The smallest absolute Gasteiger partial charge is 0.0681 e. The van der Waals surface area contributed by atoms with Crippen LogP contribution >= 0.6 is 0 Å². The molecule has 0 heterocycles. The zero-order valence-corrected chi connectivity index (χ0v) is 17.8. The molecule has 0 saturated heterocycles. The summed E-state index contributed by atoms with van der Waals surface area (Å²) in [5.41, 5.74) is 5.80. The Kier molecular flexibility index (Phi) is 7.02. The molecule has 3 heteroatoms. The van der Waals surface area contributed by atoms with E-state index in [4.69, 9.17) is 14.2 Å². The van der Waals surface area contributed by atoms with Crippen molar-refractivity contribution in [3.63, 3.8) is 0 Å². The predicted octanol–water partition coefficient (Wildman–Crippen LogP) is 5.27. The van der Waals surface area contributed by atoms with Gasteiger partial charge in [-0.3, -0.25) is 0 Å². The molecule has 0 spiro atoms.